The van der Waals surface area contributed by atoms with E-state index in [0.717, 1.165) is 42.4 Å². The molecule has 1 unspecified atom stereocenters. The van der Waals surface area contributed by atoms with E-state index in [1.165, 1.54) is 0 Å². The van der Waals surface area contributed by atoms with Gasteiger partial charge >= 0.3 is 5.97 Å². The lowest BCUT2D eigenvalue weighted by molar-refractivity contribution is -0.149. The quantitative estimate of drug-likeness (QED) is 0.0332. The standard InChI is InChI=1S/C41H42N6O6/c42-39(43)44-20-9-3-6-10-28-15-17-35-33(22-28)37(51)45-25-36(50)47(35)34-18-16-30(23-32(34)31-13-7-2-8-14-31)24-41(40(27-49,46-41)19-21-48)38(52)53-26-29-11-4-1-5-12-29/h1-2,4-5,7-8,11-18,21-23,27,46H,3,6,9-10,19-20,24-26H2,(H,45,51)(H4,42,43,44)/t40?,41-/m0/s1. The van der Waals surface area contributed by atoms with Crippen LogP contribution >= 0.6 is 0 Å². The third-order valence-corrected chi connectivity index (χ3v) is 9.77. The molecular weight excluding hydrogens is 672 g/mol. The molecule has 0 spiro atoms. The van der Waals surface area contributed by atoms with Crippen molar-refractivity contribution >= 4 is 47.7 Å². The Kier molecular flexibility index (Phi) is 11.1. The summed E-state index contributed by atoms with van der Waals surface area (Å²) in [5, 5.41) is 5.79. The van der Waals surface area contributed by atoms with Gasteiger partial charge in [-0.3, -0.25) is 24.8 Å². The van der Waals surface area contributed by atoms with Gasteiger partial charge in [0.15, 0.2) is 5.96 Å². The number of anilines is 2. The molecule has 0 radical (unpaired) electrons. The number of esters is 1. The number of rotatable bonds is 16. The first-order valence-electron chi connectivity index (χ1n) is 17.6. The first-order chi connectivity index (χ1) is 25.7. The highest BCUT2D eigenvalue weighted by molar-refractivity contribution is 6.14. The monoisotopic (exact) mass is 714 g/mol. The summed E-state index contributed by atoms with van der Waals surface area (Å²) in [6.07, 6.45) is 4.40. The Morgan fingerprint density at radius 2 is 1.51 bits per heavy atom. The van der Waals surface area contributed by atoms with Gasteiger partial charge in [-0.2, -0.15) is 0 Å². The lowest BCUT2D eigenvalue weighted by Gasteiger charge is -2.26. The number of ether oxygens (including phenoxy) is 1. The van der Waals surface area contributed by atoms with Crippen LogP contribution in [0, 0.1) is 0 Å². The first kappa shape index (κ1) is 36.6. The highest BCUT2D eigenvalue weighted by Crippen LogP contribution is 2.45. The van der Waals surface area contributed by atoms with Gasteiger partial charge in [0.25, 0.3) is 11.8 Å². The number of nitrogens with zero attached hydrogens (tertiary/aromatic N) is 2. The first-order valence-corrected chi connectivity index (χ1v) is 17.6. The van der Waals surface area contributed by atoms with Gasteiger partial charge in [0.2, 0.25) is 0 Å². The number of aliphatic imine (C=N–C) groups is 1. The minimum Gasteiger partial charge on any atom is -0.459 e. The molecule has 6 rings (SSSR count). The van der Waals surface area contributed by atoms with Gasteiger partial charge in [-0.05, 0) is 65.8 Å². The maximum Gasteiger partial charge on any atom is 0.329 e. The van der Waals surface area contributed by atoms with Crippen molar-refractivity contribution in [3.8, 4) is 11.1 Å². The van der Waals surface area contributed by atoms with Crippen LogP contribution in [-0.4, -0.2) is 60.5 Å². The molecule has 0 aliphatic carbocycles. The normalized spacial score (nSPS) is 19.0. The van der Waals surface area contributed by atoms with Crippen LogP contribution in [0.2, 0.25) is 0 Å². The molecule has 53 heavy (non-hydrogen) atoms. The molecule has 0 saturated carbocycles. The predicted molar refractivity (Wildman–Crippen MR) is 201 cm³/mol. The Morgan fingerprint density at radius 1 is 0.830 bits per heavy atom. The predicted octanol–water partition coefficient (Wildman–Crippen LogP) is 3.90. The number of fused-ring (bicyclic) bond motifs is 1. The number of nitrogens with two attached hydrogens (primary N) is 2. The summed E-state index contributed by atoms with van der Waals surface area (Å²) < 4.78 is 5.72. The van der Waals surface area contributed by atoms with Crippen molar-refractivity contribution in [3.63, 3.8) is 0 Å². The van der Waals surface area contributed by atoms with Crippen LogP contribution in [0.25, 0.3) is 11.1 Å². The summed E-state index contributed by atoms with van der Waals surface area (Å²) in [4.78, 5) is 70.7. The lowest BCUT2D eigenvalue weighted by Crippen LogP contribution is -2.39. The summed E-state index contributed by atoms with van der Waals surface area (Å²) in [6.45, 7) is 0.343. The molecule has 4 aromatic carbocycles. The number of hydrogen-bond donors (Lipinski definition) is 4. The third-order valence-electron chi connectivity index (χ3n) is 9.77. The van der Waals surface area contributed by atoms with Crippen molar-refractivity contribution < 1.29 is 28.7 Å². The van der Waals surface area contributed by atoms with Crippen LogP contribution < -0.4 is 27.0 Å². The van der Waals surface area contributed by atoms with Gasteiger partial charge in [0.05, 0.1) is 23.5 Å². The molecule has 2 heterocycles. The van der Waals surface area contributed by atoms with Crippen molar-refractivity contribution in [2.75, 3.05) is 18.0 Å². The van der Waals surface area contributed by atoms with Crippen LogP contribution in [0.4, 0.5) is 11.4 Å². The van der Waals surface area contributed by atoms with Crippen molar-refractivity contribution in [3.05, 3.63) is 119 Å². The second-order valence-electron chi connectivity index (χ2n) is 13.3. The number of carbonyl (C=O) groups excluding carboxylic acids is 5. The molecule has 272 valence electrons. The number of unbranched alkanes of at least 4 members (excludes halogenated alkanes) is 2. The van der Waals surface area contributed by atoms with Crippen molar-refractivity contribution in [2.24, 2.45) is 16.5 Å². The maximum absolute atomic E-state index is 13.8. The van der Waals surface area contributed by atoms with Crippen LogP contribution in [0.15, 0.2) is 102 Å². The molecule has 1 fully saturated rings. The zero-order chi connectivity index (χ0) is 37.4. The van der Waals surface area contributed by atoms with Crippen molar-refractivity contribution in [1.82, 2.24) is 10.6 Å². The van der Waals surface area contributed by atoms with Crippen molar-refractivity contribution in [2.45, 2.75) is 56.2 Å². The molecule has 2 amide bonds. The molecule has 2 aliphatic rings. The summed E-state index contributed by atoms with van der Waals surface area (Å²) in [7, 11) is 0. The number of guanidine groups is 1. The Balaban J connectivity index is 1.34. The molecule has 4 aromatic rings. The minimum absolute atomic E-state index is 0.00227. The number of nitrogens with one attached hydrogen (secondary N) is 2. The zero-order valence-corrected chi connectivity index (χ0v) is 29.3. The maximum atomic E-state index is 13.8. The van der Waals surface area contributed by atoms with E-state index in [1.807, 2.05) is 78.9 Å². The SMILES string of the molecule is NC(N)=NCCCCCc1ccc2c(c1)C(=O)NCC(=O)N2c1ccc(C[C@@]2(C(=O)OCc3ccccc3)NC2(C=O)CC=O)cc1-c1ccccc1. The van der Waals surface area contributed by atoms with Gasteiger partial charge in [-0.15, -0.1) is 0 Å². The van der Waals surface area contributed by atoms with Crippen LogP contribution in [0.3, 0.4) is 0 Å². The lowest BCUT2D eigenvalue weighted by atomic mass is 9.85. The topological polar surface area (TPSA) is 196 Å². The number of hydrogen-bond acceptors (Lipinski definition) is 8. The molecule has 0 bridgehead atoms. The molecule has 2 atom stereocenters. The second-order valence-corrected chi connectivity index (χ2v) is 13.3. The van der Waals surface area contributed by atoms with Crippen LogP contribution in [0.5, 0.6) is 0 Å². The zero-order valence-electron chi connectivity index (χ0n) is 29.3. The van der Waals surface area contributed by atoms with Gasteiger partial charge < -0.3 is 31.1 Å². The Labute approximate surface area is 307 Å². The van der Waals surface area contributed by atoms with Gasteiger partial charge in [0, 0.05) is 24.9 Å². The second kappa shape index (κ2) is 16.0. The Morgan fingerprint density at radius 3 is 2.21 bits per heavy atom. The number of aryl methyl sites for hydroxylation is 1. The van der Waals surface area contributed by atoms with E-state index in [0.29, 0.717) is 47.2 Å². The Hall–Kier alpha value is -6.14. The van der Waals surface area contributed by atoms with Crippen LogP contribution in [-0.2, 0) is 43.4 Å². The molecular formula is C41H42N6O6. The van der Waals surface area contributed by atoms with E-state index in [9.17, 15) is 24.0 Å². The van der Waals surface area contributed by atoms with E-state index in [-0.39, 0.29) is 43.8 Å². The average molecular weight is 715 g/mol. The van der Waals surface area contributed by atoms with Gasteiger partial charge in [0.1, 0.15) is 30.3 Å². The number of benzene rings is 4. The Bertz CT molecular complexity index is 2030. The number of amides is 2. The molecule has 1 saturated heterocycles. The molecule has 12 heteroatoms. The summed E-state index contributed by atoms with van der Waals surface area (Å²) in [5.41, 5.74) is 13.1. The van der Waals surface area contributed by atoms with E-state index in [2.05, 4.69) is 15.6 Å². The average Bonchev–Trinajstić information content (AvgIpc) is 3.85. The largest absolute Gasteiger partial charge is 0.459 e. The molecule has 6 N–H and O–H groups in total. The molecule has 12 nitrogen and oxygen atoms in total. The molecule has 2 aliphatic heterocycles. The smallest absolute Gasteiger partial charge is 0.329 e. The fourth-order valence-electron chi connectivity index (χ4n) is 6.95. The third kappa shape index (κ3) is 7.87. The minimum atomic E-state index is -1.48. The van der Waals surface area contributed by atoms with E-state index >= 15 is 0 Å². The van der Waals surface area contributed by atoms with Gasteiger partial charge in [-0.25, -0.2) is 4.79 Å². The fraction of sp³-hybridized carbons (Fsp3) is 0.268. The summed E-state index contributed by atoms with van der Waals surface area (Å²) in [5.74, 6) is -1.25. The van der Waals surface area contributed by atoms with E-state index in [1.54, 1.807) is 23.1 Å². The van der Waals surface area contributed by atoms with Crippen LogP contribution in [0.1, 0.15) is 52.7 Å². The highest BCUT2D eigenvalue weighted by atomic mass is 16.5. The van der Waals surface area contributed by atoms with E-state index < -0.39 is 17.0 Å². The summed E-state index contributed by atoms with van der Waals surface area (Å²) in [6, 6.07) is 29.7. The summed E-state index contributed by atoms with van der Waals surface area (Å²) >= 11 is 0. The number of carbonyl (C=O) groups is 5. The van der Waals surface area contributed by atoms with Crippen molar-refractivity contribution in [1.29, 1.82) is 0 Å². The fourth-order valence-corrected chi connectivity index (χ4v) is 6.95. The van der Waals surface area contributed by atoms with Gasteiger partial charge in [-0.1, -0.05) is 79.2 Å². The highest BCUT2D eigenvalue weighted by Gasteiger charge is 2.72. The molecule has 0 aromatic heterocycles. The number of aldehydes is 2. The van der Waals surface area contributed by atoms with E-state index in [4.69, 9.17) is 16.2 Å².